The number of rotatable bonds is 21. The number of hydrogen-bond acceptors (Lipinski definition) is 8. The lowest BCUT2D eigenvalue weighted by Crippen LogP contribution is -2.36. The Kier molecular flexibility index (Phi) is 15.3. The van der Waals surface area contributed by atoms with Gasteiger partial charge in [0.25, 0.3) is 0 Å². The molecule has 30 heavy (non-hydrogen) atoms. The summed E-state index contributed by atoms with van der Waals surface area (Å²) in [4.78, 5) is 43.6. The van der Waals surface area contributed by atoms with Gasteiger partial charge in [-0.05, 0) is 32.5 Å². The van der Waals surface area contributed by atoms with Crippen molar-refractivity contribution in [3.8, 4) is 0 Å². The Bertz CT molecular complexity index is 503. The van der Waals surface area contributed by atoms with Gasteiger partial charge >= 0.3 is 23.9 Å². The molecule has 0 aromatic carbocycles. The first-order valence-corrected chi connectivity index (χ1v) is 9.87. The molecule has 0 saturated heterocycles. The number of hydrogen-bond donors (Lipinski definition) is 8. The zero-order chi connectivity index (χ0) is 22.8. The van der Waals surface area contributed by atoms with Crippen molar-refractivity contribution in [1.82, 2.24) is 21.3 Å². The van der Waals surface area contributed by atoms with Gasteiger partial charge in [0.1, 0.15) is 0 Å². The quantitative estimate of drug-likeness (QED) is 0.0987. The Morgan fingerprint density at radius 2 is 0.933 bits per heavy atom. The van der Waals surface area contributed by atoms with Gasteiger partial charge in [-0.1, -0.05) is 0 Å². The van der Waals surface area contributed by atoms with Crippen LogP contribution < -0.4 is 21.3 Å². The topological polar surface area (TPSA) is 197 Å². The molecule has 0 fully saturated rings. The second-order valence-corrected chi connectivity index (χ2v) is 7.14. The molecule has 0 rings (SSSR count). The van der Waals surface area contributed by atoms with E-state index in [0.29, 0.717) is 32.7 Å². The highest BCUT2D eigenvalue weighted by Gasteiger charge is 2.37. The Balaban J connectivity index is 3.91. The van der Waals surface area contributed by atoms with Crippen molar-refractivity contribution in [2.45, 2.75) is 32.1 Å². The molecule has 0 aliphatic carbocycles. The molecule has 0 saturated carbocycles. The van der Waals surface area contributed by atoms with Gasteiger partial charge in [-0.2, -0.15) is 0 Å². The molecule has 0 atom stereocenters. The fraction of sp³-hybridized carbons (Fsp3) is 0.778. The van der Waals surface area contributed by atoms with Crippen LogP contribution in [0, 0.1) is 5.41 Å². The average Bonchev–Trinajstić information content (AvgIpc) is 2.59. The molecular weight excluding hydrogens is 400 g/mol. The van der Waals surface area contributed by atoms with Crippen LogP contribution in [0.4, 0.5) is 0 Å². The van der Waals surface area contributed by atoms with Crippen molar-refractivity contribution >= 4 is 23.9 Å². The summed E-state index contributed by atoms with van der Waals surface area (Å²) >= 11 is 0. The van der Waals surface area contributed by atoms with Crippen molar-refractivity contribution in [3.63, 3.8) is 0 Å². The molecule has 174 valence electrons. The normalized spacial score (nSPS) is 11.3. The van der Waals surface area contributed by atoms with E-state index in [1.165, 1.54) is 0 Å². The summed E-state index contributed by atoms with van der Waals surface area (Å²) in [5, 5.41) is 47.9. The van der Waals surface area contributed by atoms with Crippen molar-refractivity contribution in [2.24, 2.45) is 5.41 Å². The standard InChI is InChI=1S/C18H34N4O8/c23-14(24)10-18(11-15(25)26,12-16(27)28)2-5-21-7-6-19-3-1-4-20-8-9-22-13-17(29)30/h19-22H,1-13H2,(H,23,24)(H,25,26)(H,27,28)(H,29,30). The van der Waals surface area contributed by atoms with Crippen LogP contribution >= 0.6 is 0 Å². The summed E-state index contributed by atoms with van der Waals surface area (Å²) in [6.07, 6.45) is -0.505. The highest BCUT2D eigenvalue weighted by Crippen LogP contribution is 2.35. The SMILES string of the molecule is O=C(O)CNCCNCCCNCCNCCC(CC(=O)O)(CC(=O)O)CC(=O)O. The zero-order valence-electron chi connectivity index (χ0n) is 17.1. The molecule has 0 bridgehead atoms. The molecule has 0 spiro atoms. The van der Waals surface area contributed by atoms with Gasteiger partial charge in [-0.25, -0.2) is 0 Å². The van der Waals surface area contributed by atoms with E-state index in [2.05, 4.69) is 21.3 Å². The summed E-state index contributed by atoms with van der Waals surface area (Å²) in [7, 11) is 0. The third kappa shape index (κ3) is 16.7. The average molecular weight is 434 g/mol. The molecule has 0 unspecified atom stereocenters. The Labute approximate surface area is 175 Å². The van der Waals surface area contributed by atoms with E-state index in [9.17, 15) is 19.2 Å². The third-order valence-electron chi connectivity index (χ3n) is 4.35. The van der Waals surface area contributed by atoms with E-state index in [0.717, 1.165) is 19.5 Å². The summed E-state index contributed by atoms with van der Waals surface area (Å²) in [5.41, 5.74) is -1.32. The minimum Gasteiger partial charge on any atom is -0.481 e. The maximum Gasteiger partial charge on any atom is 0.317 e. The smallest absolute Gasteiger partial charge is 0.317 e. The first-order valence-electron chi connectivity index (χ1n) is 9.87. The Morgan fingerprint density at radius 1 is 0.533 bits per heavy atom. The fourth-order valence-electron chi connectivity index (χ4n) is 3.03. The van der Waals surface area contributed by atoms with Crippen LogP contribution in [-0.4, -0.2) is 96.7 Å². The lowest BCUT2D eigenvalue weighted by molar-refractivity contribution is -0.148. The Morgan fingerprint density at radius 3 is 1.33 bits per heavy atom. The molecule has 0 aromatic rings. The van der Waals surface area contributed by atoms with Crippen molar-refractivity contribution in [2.75, 3.05) is 52.4 Å². The van der Waals surface area contributed by atoms with Gasteiger partial charge in [0.15, 0.2) is 0 Å². The van der Waals surface area contributed by atoms with Gasteiger partial charge in [0.2, 0.25) is 0 Å². The van der Waals surface area contributed by atoms with Gasteiger partial charge < -0.3 is 41.7 Å². The van der Waals surface area contributed by atoms with Gasteiger partial charge in [0.05, 0.1) is 25.8 Å². The van der Waals surface area contributed by atoms with E-state index in [1.807, 2.05) is 0 Å². The van der Waals surface area contributed by atoms with Crippen molar-refractivity contribution in [3.05, 3.63) is 0 Å². The molecule has 0 aliphatic heterocycles. The second-order valence-electron chi connectivity index (χ2n) is 7.14. The van der Waals surface area contributed by atoms with Gasteiger partial charge in [-0.15, -0.1) is 0 Å². The molecule has 8 N–H and O–H groups in total. The van der Waals surface area contributed by atoms with E-state index in [1.54, 1.807) is 0 Å². The zero-order valence-corrected chi connectivity index (χ0v) is 17.1. The molecule has 0 heterocycles. The molecule has 0 aliphatic rings. The lowest BCUT2D eigenvalue weighted by atomic mass is 9.75. The van der Waals surface area contributed by atoms with E-state index >= 15 is 0 Å². The van der Waals surface area contributed by atoms with Crippen LogP contribution in [0.2, 0.25) is 0 Å². The lowest BCUT2D eigenvalue weighted by Gasteiger charge is -2.29. The largest absolute Gasteiger partial charge is 0.481 e. The summed E-state index contributed by atoms with van der Waals surface area (Å²) in [6.45, 7) is 4.33. The Hall–Kier alpha value is -2.28. The maximum absolute atomic E-state index is 11.1. The number of nitrogens with one attached hydrogen (secondary N) is 4. The van der Waals surface area contributed by atoms with E-state index in [4.69, 9.17) is 20.4 Å². The minimum atomic E-state index is -1.32. The highest BCUT2D eigenvalue weighted by atomic mass is 16.4. The fourth-order valence-corrected chi connectivity index (χ4v) is 3.03. The van der Waals surface area contributed by atoms with Crippen molar-refractivity contribution < 1.29 is 39.6 Å². The number of carboxylic acids is 4. The van der Waals surface area contributed by atoms with Crippen LogP contribution in [-0.2, 0) is 19.2 Å². The highest BCUT2D eigenvalue weighted by molar-refractivity contribution is 5.75. The first-order chi connectivity index (χ1) is 14.2. The van der Waals surface area contributed by atoms with Gasteiger partial charge in [0, 0.05) is 31.6 Å². The molecule has 0 aromatic heterocycles. The number of carboxylic acid groups (broad SMARTS) is 4. The molecule has 12 nitrogen and oxygen atoms in total. The predicted octanol–water partition coefficient (Wildman–Crippen LogP) is -1.38. The summed E-state index contributed by atoms with van der Waals surface area (Å²) in [5.74, 6) is -4.54. The first kappa shape index (κ1) is 27.7. The van der Waals surface area contributed by atoms with Crippen molar-refractivity contribution in [1.29, 1.82) is 0 Å². The van der Waals surface area contributed by atoms with E-state index in [-0.39, 0.29) is 13.0 Å². The molecule has 0 radical (unpaired) electrons. The number of carbonyl (C=O) groups is 4. The van der Waals surface area contributed by atoms with E-state index < -0.39 is 48.6 Å². The van der Waals surface area contributed by atoms with Crippen LogP contribution in [0.3, 0.4) is 0 Å². The minimum absolute atomic E-state index is 0.0553. The summed E-state index contributed by atoms with van der Waals surface area (Å²) in [6, 6.07) is 0. The van der Waals surface area contributed by atoms with Crippen LogP contribution in [0.15, 0.2) is 0 Å². The molecule has 0 amide bonds. The molecule has 12 heteroatoms. The van der Waals surface area contributed by atoms with Crippen LogP contribution in [0.5, 0.6) is 0 Å². The van der Waals surface area contributed by atoms with Crippen LogP contribution in [0.1, 0.15) is 32.1 Å². The monoisotopic (exact) mass is 434 g/mol. The predicted molar refractivity (Wildman–Crippen MR) is 108 cm³/mol. The summed E-state index contributed by atoms with van der Waals surface area (Å²) < 4.78 is 0. The maximum atomic E-state index is 11.1. The third-order valence-corrected chi connectivity index (χ3v) is 4.35. The second kappa shape index (κ2) is 16.5. The van der Waals surface area contributed by atoms with Gasteiger partial charge in [-0.3, -0.25) is 19.2 Å². The molecular formula is C18H34N4O8. The number of aliphatic carboxylic acids is 4. The van der Waals surface area contributed by atoms with Crippen LogP contribution in [0.25, 0.3) is 0 Å².